The standard InChI is InChI=1S/C10H19F3O2S/c11-10(12,13)8-6-4-2-1-3-5-7-9-16(14)15/h1-9H2,(H,14,15). The average Bonchev–Trinajstić information content (AvgIpc) is 2.13. The zero-order valence-corrected chi connectivity index (χ0v) is 10.1. The van der Waals surface area contributed by atoms with Gasteiger partial charge in [0.25, 0.3) is 0 Å². The van der Waals surface area contributed by atoms with Crippen molar-refractivity contribution >= 4 is 11.1 Å². The predicted octanol–water partition coefficient (Wildman–Crippen LogP) is 3.89. The van der Waals surface area contributed by atoms with Gasteiger partial charge in [0.2, 0.25) is 0 Å². The molecule has 0 aromatic heterocycles. The van der Waals surface area contributed by atoms with Crippen molar-refractivity contribution in [3.05, 3.63) is 0 Å². The van der Waals surface area contributed by atoms with E-state index in [2.05, 4.69) is 0 Å². The normalized spacial score (nSPS) is 14.0. The van der Waals surface area contributed by atoms with Gasteiger partial charge >= 0.3 is 6.18 Å². The van der Waals surface area contributed by atoms with Crippen LogP contribution in [0.5, 0.6) is 0 Å². The number of unbranched alkanes of at least 4 members (excludes halogenated alkanes) is 6. The van der Waals surface area contributed by atoms with Crippen molar-refractivity contribution in [2.24, 2.45) is 0 Å². The first-order valence-corrected chi connectivity index (χ1v) is 6.83. The van der Waals surface area contributed by atoms with Gasteiger partial charge in [-0.25, -0.2) is 4.21 Å². The summed E-state index contributed by atoms with van der Waals surface area (Å²) < 4.78 is 54.0. The Bertz CT molecular complexity index is 195. The summed E-state index contributed by atoms with van der Waals surface area (Å²) in [6.07, 6.45) is 0.381. The summed E-state index contributed by atoms with van der Waals surface area (Å²) in [5.41, 5.74) is 0. The molecule has 0 heterocycles. The van der Waals surface area contributed by atoms with E-state index in [0.29, 0.717) is 18.6 Å². The Morgan fingerprint density at radius 3 is 1.75 bits per heavy atom. The summed E-state index contributed by atoms with van der Waals surface area (Å²) in [5, 5.41) is 0. The maximum atomic E-state index is 11.8. The van der Waals surface area contributed by atoms with Crippen molar-refractivity contribution in [2.75, 3.05) is 5.75 Å². The quantitative estimate of drug-likeness (QED) is 0.504. The molecule has 6 heteroatoms. The molecular formula is C10H19F3O2S. The Hall–Kier alpha value is -0.100. The van der Waals surface area contributed by atoms with E-state index in [4.69, 9.17) is 4.55 Å². The maximum Gasteiger partial charge on any atom is 0.389 e. The molecule has 0 spiro atoms. The highest BCUT2D eigenvalue weighted by Crippen LogP contribution is 2.23. The van der Waals surface area contributed by atoms with Crippen LogP contribution in [0.15, 0.2) is 0 Å². The van der Waals surface area contributed by atoms with Gasteiger partial charge in [0.1, 0.15) is 0 Å². The zero-order valence-electron chi connectivity index (χ0n) is 9.26. The minimum atomic E-state index is -4.02. The molecule has 0 saturated heterocycles. The molecule has 0 saturated carbocycles. The smallest absolute Gasteiger partial charge is 0.306 e. The third-order valence-electron chi connectivity index (χ3n) is 2.28. The van der Waals surface area contributed by atoms with Crippen LogP contribution in [0.4, 0.5) is 13.2 Å². The molecule has 1 atom stereocenters. The molecule has 0 aliphatic rings. The van der Waals surface area contributed by atoms with E-state index in [0.717, 1.165) is 25.7 Å². The van der Waals surface area contributed by atoms with E-state index in [9.17, 15) is 17.4 Å². The fourth-order valence-electron chi connectivity index (χ4n) is 1.43. The summed E-state index contributed by atoms with van der Waals surface area (Å²) >= 11 is -1.71. The third kappa shape index (κ3) is 13.9. The molecule has 0 amide bonds. The van der Waals surface area contributed by atoms with Crippen molar-refractivity contribution in [3.63, 3.8) is 0 Å². The van der Waals surface area contributed by atoms with Crippen molar-refractivity contribution in [1.82, 2.24) is 0 Å². The number of rotatable bonds is 9. The van der Waals surface area contributed by atoms with Crippen LogP contribution in [0.3, 0.4) is 0 Å². The minimum Gasteiger partial charge on any atom is -0.306 e. The number of hydrogen-bond donors (Lipinski definition) is 1. The van der Waals surface area contributed by atoms with Crippen LogP contribution < -0.4 is 0 Å². The fourth-order valence-corrected chi connectivity index (χ4v) is 1.89. The van der Waals surface area contributed by atoms with Gasteiger partial charge in [0, 0.05) is 12.2 Å². The van der Waals surface area contributed by atoms with Crippen LogP contribution in [0.2, 0.25) is 0 Å². The summed E-state index contributed by atoms with van der Waals surface area (Å²) in [7, 11) is 0. The SMILES string of the molecule is O=S(O)CCCCCCCCCC(F)(F)F. The molecule has 1 unspecified atom stereocenters. The topological polar surface area (TPSA) is 37.3 Å². The Morgan fingerprint density at radius 1 is 0.875 bits per heavy atom. The first-order valence-electron chi connectivity index (χ1n) is 5.56. The Morgan fingerprint density at radius 2 is 1.31 bits per heavy atom. The third-order valence-corrected chi connectivity index (χ3v) is 2.92. The first kappa shape index (κ1) is 15.9. The second-order valence-corrected chi connectivity index (χ2v) is 4.92. The molecule has 0 aliphatic carbocycles. The van der Waals surface area contributed by atoms with E-state index >= 15 is 0 Å². The molecule has 1 N–H and O–H groups in total. The van der Waals surface area contributed by atoms with Crippen LogP contribution in [-0.4, -0.2) is 20.7 Å². The van der Waals surface area contributed by atoms with Crippen LogP contribution in [0.25, 0.3) is 0 Å². The van der Waals surface area contributed by atoms with Gasteiger partial charge in [0.05, 0.1) is 0 Å². The van der Waals surface area contributed by atoms with Crippen LogP contribution in [0.1, 0.15) is 51.4 Å². The molecule has 0 radical (unpaired) electrons. The summed E-state index contributed by atoms with van der Waals surface area (Å²) in [6, 6.07) is 0. The van der Waals surface area contributed by atoms with E-state index in [1.54, 1.807) is 0 Å². The molecular weight excluding hydrogens is 241 g/mol. The highest BCUT2D eigenvalue weighted by atomic mass is 32.2. The van der Waals surface area contributed by atoms with Gasteiger partial charge in [-0.2, -0.15) is 13.2 Å². The van der Waals surface area contributed by atoms with E-state index in [-0.39, 0.29) is 6.42 Å². The lowest BCUT2D eigenvalue weighted by molar-refractivity contribution is -0.135. The summed E-state index contributed by atoms with van der Waals surface area (Å²) in [5.74, 6) is 0.300. The molecule has 0 rings (SSSR count). The lowest BCUT2D eigenvalue weighted by Gasteiger charge is -2.05. The number of alkyl halides is 3. The van der Waals surface area contributed by atoms with Gasteiger partial charge in [-0.05, 0) is 12.8 Å². The van der Waals surface area contributed by atoms with Crippen LogP contribution in [-0.2, 0) is 11.1 Å². The lowest BCUT2D eigenvalue weighted by atomic mass is 10.1. The van der Waals surface area contributed by atoms with Gasteiger partial charge in [-0.15, -0.1) is 0 Å². The summed E-state index contributed by atoms with van der Waals surface area (Å²) in [4.78, 5) is 0. The molecule has 16 heavy (non-hydrogen) atoms. The van der Waals surface area contributed by atoms with Crippen molar-refractivity contribution in [2.45, 2.75) is 57.5 Å². The molecule has 0 bridgehead atoms. The van der Waals surface area contributed by atoms with Crippen molar-refractivity contribution in [3.8, 4) is 0 Å². The predicted molar refractivity (Wildman–Crippen MR) is 58.6 cm³/mol. The van der Waals surface area contributed by atoms with E-state index < -0.39 is 23.7 Å². The first-order chi connectivity index (χ1) is 7.42. The number of hydrogen-bond acceptors (Lipinski definition) is 1. The minimum absolute atomic E-state index is 0.212. The zero-order chi connectivity index (χ0) is 12.4. The van der Waals surface area contributed by atoms with Crippen molar-refractivity contribution < 1.29 is 21.9 Å². The highest BCUT2D eigenvalue weighted by molar-refractivity contribution is 7.79. The van der Waals surface area contributed by atoms with Gasteiger partial charge in [-0.3, -0.25) is 0 Å². The molecule has 0 fully saturated rings. The molecule has 98 valence electrons. The second-order valence-electron chi connectivity index (χ2n) is 3.87. The van der Waals surface area contributed by atoms with Gasteiger partial charge < -0.3 is 4.55 Å². The Balaban J connectivity index is 3.07. The monoisotopic (exact) mass is 260 g/mol. The average molecular weight is 260 g/mol. The molecule has 0 aromatic rings. The van der Waals surface area contributed by atoms with Crippen LogP contribution >= 0.6 is 0 Å². The fraction of sp³-hybridized carbons (Fsp3) is 1.00. The number of halogens is 3. The van der Waals surface area contributed by atoms with Crippen molar-refractivity contribution in [1.29, 1.82) is 0 Å². The molecule has 2 nitrogen and oxygen atoms in total. The Labute approximate surface area is 96.9 Å². The Kier molecular flexibility index (Phi) is 8.93. The van der Waals surface area contributed by atoms with E-state index in [1.807, 2.05) is 0 Å². The maximum absolute atomic E-state index is 11.8. The van der Waals surface area contributed by atoms with Crippen LogP contribution in [0, 0.1) is 0 Å². The lowest BCUT2D eigenvalue weighted by Crippen LogP contribution is -2.06. The highest BCUT2D eigenvalue weighted by Gasteiger charge is 2.25. The van der Waals surface area contributed by atoms with Gasteiger partial charge in [0.15, 0.2) is 11.1 Å². The largest absolute Gasteiger partial charge is 0.389 e. The van der Waals surface area contributed by atoms with E-state index in [1.165, 1.54) is 0 Å². The summed E-state index contributed by atoms with van der Waals surface area (Å²) in [6.45, 7) is 0. The molecule has 0 aromatic carbocycles. The van der Waals surface area contributed by atoms with Gasteiger partial charge in [-0.1, -0.05) is 32.1 Å². The molecule has 0 aliphatic heterocycles. The second kappa shape index (κ2) is 8.98.